The van der Waals surface area contributed by atoms with Crippen LogP contribution >= 0.6 is 0 Å². The van der Waals surface area contributed by atoms with E-state index in [0.29, 0.717) is 0 Å². The summed E-state index contributed by atoms with van der Waals surface area (Å²) in [6, 6.07) is 59.5. The first-order valence-electron chi connectivity index (χ1n) is 20.5. The molecule has 286 valence electrons. The average Bonchev–Trinajstić information content (AvgIpc) is 4.17. The molecule has 0 saturated carbocycles. The number of para-hydroxylation sites is 1. The highest BCUT2D eigenvalue weighted by Crippen LogP contribution is 2.44. The molecule has 3 aliphatic rings. The molecule has 6 heteroatoms. The van der Waals surface area contributed by atoms with Gasteiger partial charge in [-0.1, -0.05) is 140 Å². The number of fused-ring (bicyclic) bond motifs is 8. The van der Waals surface area contributed by atoms with Crippen LogP contribution in [0.1, 0.15) is 47.7 Å². The van der Waals surface area contributed by atoms with Gasteiger partial charge in [0.25, 0.3) is 0 Å². The fraction of sp³-hybridized carbons (Fsp3) is 0.0556. The van der Waals surface area contributed by atoms with Crippen molar-refractivity contribution < 1.29 is 0 Å². The first-order valence-corrected chi connectivity index (χ1v) is 20.5. The third kappa shape index (κ3) is 6.26. The van der Waals surface area contributed by atoms with E-state index in [9.17, 15) is 0 Å². The van der Waals surface area contributed by atoms with Gasteiger partial charge >= 0.3 is 0 Å². The Morgan fingerprint density at radius 2 is 0.850 bits per heavy atom. The molecule has 6 heterocycles. The maximum absolute atomic E-state index is 5.57. The summed E-state index contributed by atoms with van der Waals surface area (Å²) in [6.07, 6.45) is 9.43. The predicted molar refractivity (Wildman–Crippen MR) is 250 cm³/mol. The van der Waals surface area contributed by atoms with E-state index in [-0.39, 0.29) is 6.04 Å². The largest absolute Gasteiger partial charge is 0.354 e. The average molecular weight is 773 g/mol. The Labute approximate surface area is 348 Å². The van der Waals surface area contributed by atoms with Crippen molar-refractivity contribution >= 4 is 57.8 Å². The number of nitrogens with zero attached hydrogens (tertiary/aromatic N) is 4. The normalized spacial score (nSPS) is 14.4. The van der Waals surface area contributed by atoms with Gasteiger partial charge in [-0.3, -0.25) is 5.01 Å². The second-order valence-electron chi connectivity index (χ2n) is 15.4. The number of hydrogen-bond donors (Lipinski definition) is 2. The van der Waals surface area contributed by atoms with Crippen LogP contribution in [0.4, 0.5) is 5.69 Å². The summed E-state index contributed by atoms with van der Waals surface area (Å²) in [5, 5.41) is 7.34. The molecule has 0 saturated heterocycles. The Balaban J connectivity index is 1.34. The lowest BCUT2D eigenvalue weighted by molar-refractivity contribution is 0.715. The number of hydrogen-bond acceptors (Lipinski definition) is 4. The first-order chi connectivity index (χ1) is 29.7. The molecule has 0 fully saturated rings. The van der Waals surface area contributed by atoms with Crippen LogP contribution in [0.25, 0.3) is 90.9 Å². The zero-order chi connectivity index (χ0) is 40.0. The number of aromatic amines is 2. The van der Waals surface area contributed by atoms with Crippen molar-refractivity contribution in [2.45, 2.75) is 19.4 Å². The smallest absolute Gasteiger partial charge is 0.0849 e. The second kappa shape index (κ2) is 14.8. The molecule has 8 bridgehead atoms. The summed E-state index contributed by atoms with van der Waals surface area (Å²) in [6.45, 7) is 2.13. The van der Waals surface area contributed by atoms with E-state index >= 15 is 0 Å². The predicted octanol–water partition coefficient (Wildman–Crippen LogP) is 13.7. The molecule has 60 heavy (non-hydrogen) atoms. The minimum Gasteiger partial charge on any atom is -0.354 e. The minimum atomic E-state index is -0.0793. The molecule has 3 aliphatic heterocycles. The van der Waals surface area contributed by atoms with Crippen LogP contribution in [0.15, 0.2) is 175 Å². The van der Waals surface area contributed by atoms with Crippen LogP contribution in [0.2, 0.25) is 0 Å². The quantitative estimate of drug-likeness (QED) is 0.177. The topological polar surface area (TPSA) is 73.0 Å². The molecule has 8 aromatic rings. The molecule has 0 spiro atoms. The van der Waals surface area contributed by atoms with Crippen LogP contribution in [-0.2, 0) is 0 Å². The minimum absolute atomic E-state index is 0.0793. The van der Waals surface area contributed by atoms with E-state index in [1.165, 1.54) is 0 Å². The van der Waals surface area contributed by atoms with E-state index in [4.69, 9.17) is 15.1 Å². The highest BCUT2D eigenvalue weighted by atomic mass is 15.5. The Morgan fingerprint density at radius 3 is 1.32 bits per heavy atom. The SMILES string of the molecule is CC1=NN(c2ccccc2)C(c2cc3[nH]c2c(-c2ccccc2)c2nc(c(-c4ccccc4)c4ccc([nH]4)c(-c4ccccc4)c4nc(c3-c3ccccc3)C=C4)C=C2)C1. The zero-order valence-corrected chi connectivity index (χ0v) is 33.0. The van der Waals surface area contributed by atoms with Crippen molar-refractivity contribution in [3.63, 3.8) is 0 Å². The fourth-order valence-corrected chi connectivity index (χ4v) is 8.93. The molecule has 11 rings (SSSR count). The molecule has 5 aromatic carbocycles. The summed E-state index contributed by atoms with van der Waals surface area (Å²) in [5.74, 6) is 0. The Hall–Kier alpha value is -7.83. The highest BCUT2D eigenvalue weighted by Gasteiger charge is 2.31. The standard InChI is InChI=1S/C54H40N6/c1-35-33-49(60(59-35)40-25-15-6-16-26-40)41-34-48-52(38-21-11-4-12-22-38)46-30-29-44(56-46)50(36-17-7-2-8-18-36)42-27-28-43(55-42)51(37-19-9-3-10-20-37)45-31-32-47(57-45)53(54(41)58-48)39-23-13-5-14-24-39/h2-32,34,49,55,58H,33H2,1H3. The van der Waals surface area contributed by atoms with Crippen LogP contribution in [0, 0.1) is 0 Å². The lowest BCUT2D eigenvalue weighted by atomic mass is 9.96. The van der Waals surface area contributed by atoms with Crippen molar-refractivity contribution in [2.24, 2.45) is 5.10 Å². The number of anilines is 1. The van der Waals surface area contributed by atoms with E-state index in [1.54, 1.807) is 0 Å². The van der Waals surface area contributed by atoms with Gasteiger partial charge < -0.3 is 9.97 Å². The number of benzene rings is 5. The Morgan fingerprint density at radius 1 is 0.450 bits per heavy atom. The maximum atomic E-state index is 5.57. The molecule has 0 radical (unpaired) electrons. The van der Waals surface area contributed by atoms with Crippen molar-refractivity contribution in [2.75, 3.05) is 5.01 Å². The third-order valence-electron chi connectivity index (χ3n) is 11.6. The number of aromatic nitrogens is 4. The maximum Gasteiger partial charge on any atom is 0.0849 e. The number of H-pyrrole nitrogens is 2. The zero-order valence-electron chi connectivity index (χ0n) is 33.0. The van der Waals surface area contributed by atoms with Gasteiger partial charge in [0, 0.05) is 56.5 Å². The van der Waals surface area contributed by atoms with Gasteiger partial charge in [-0.2, -0.15) is 5.10 Å². The Kier molecular flexibility index (Phi) is 8.74. The van der Waals surface area contributed by atoms with Gasteiger partial charge in [-0.15, -0.1) is 0 Å². The van der Waals surface area contributed by atoms with E-state index < -0.39 is 0 Å². The van der Waals surface area contributed by atoms with Gasteiger partial charge in [0.1, 0.15) is 0 Å². The summed E-state index contributed by atoms with van der Waals surface area (Å²) in [5.41, 5.74) is 19.1. The molecule has 0 amide bonds. The van der Waals surface area contributed by atoms with Gasteiger partial charge in [0.05, 0.1) is 40.0 Å². The summed E-state index contributed by atoms with van der Waals surface area (Å²) in [4.78, 5) is 19.0. The van der Waals surface area contributed by atoms with Crippen LogP contribution in [-0.4, -0.2) is 25.6 Å². The summed E-state index contributed by atoms with van der Waals surface area (Å²) < 4.78 is 0. The fourth-order valence-electron chi connectivity index (χ4n) is 8.93. The van der Waals surface area contributed by atoms with Crippen molar-refractivity contribution in [3.05, 3.63) is 198 Å². The van der Waals surface area contributed by atoms with Crippen LogP contribution in [0.5, 0.6) is 0 Å². The highest BCUT2D eigenvalue weighted by molar-refractivity contribution is 6.01. The first kappa shape index (κ1) is 35.3. The summed E-state index contributed by atoms with van der Waals surface area (Å²) >= 11 is 0. The molecular weight excluding hydrogens is 733 g/mol. The van der Waals surface area contributed by atoms with E-state index in [0.717, 1.165) is 113 Å². The van der Waals surface area contributed by atoms with Crippen LogP contribution in [0.3, 0.4) is 0 Å². The lowest BCUT2D eigenvalue weighted by Gasteiger charge is -2.24. The summed E-state index contributed by atoms with van der Waals surface area (Å²) in [7, 11) is 0. The lowest BCUT2D eigenvalue weighted by Crippen LogP contribution is -2.18. The van der Waals surface area contributed by atoms with E-state index in [2.05, 4.69) is 216 Å². The third-order valence-corrected chi connectivity index (χ3v) is 11.6. The monoisotopic (exact) mass is 772 g/mol. The van der Waals surface area contributed by atoms with Gasteiger partial charge in [0.15, 0.2) is 0 Å². The molecule has 2 N–H and O–H groups in total. The van der Waals surface area contributed by atoms with Gasteiger partial charge in [-0.05, 0) is 83.8 Å². The number of hydrazone groups is 1. The Bertz CT molecular complexity index is 3160. The molecule has 1 unspecified atom stereocenters. The molecule has 6 nitrogen and oxygen atoms in total. The van der Waals surface area contributed by atoms with Gasteiger partial charge in [-0.25, -0.2) is 9.97 Å². The van der Waals surface area contributed by atoms with Crippen molar-refractivity contribution in [1.29, 1.82) is 0 Å². The van der Waals surface area contributed by atoms with E-state index in [1.807, 2.05) is 0 Å². The molecule has 0 aliphatic carbocycles. The molecule has 1 atom stereocenters. The van der Waals surface area contributed by atoms with Crippen molar-refractivity contribution in [1.82, 2.24) is 19.9 Å². The molecule has 3 aromatic heterocycles. The van der Waals surface area contributed by atoms with Crippen LogP contribution < -0.4 is 5.01 Å². The van der Waals surface area contributed by atoms with Gasteiger partial charge in [0.2, 0.25) is 0 Å². The molecular formula is C54H40N6. The second-order valence-corrected chi connectivity index (χ2v) is 15.4. The van der Waals surface area contributed by atoms with Crippen molar-refractivity contribution in [3.8, 4) is 44.5 Å². The number of nitrogens with one attached hydrogen (secondary N) is 2. The number of rotatable bonds is 6.